The number of rotatable bonds is 0. The van der Waals surface area contributed by atoms with Gasteiger partial charge in [0.15, 0.2) is 0 Å². The molecule has 0 saturated heterocycles. The van der Waals surface area contributed by atoms with Gasteiger partial charge in [-0.25, -0.2) is 8.42 Å². The minimum absolute atomic E-state index is 0.0851. The average molecular weight is 248 g/mol. The maximum absolute atomic E-state index is 11.1. The van der Waals surface area contributed by atoms with E-state index in [1.165, 1.54) is 0 Å². The third kappa shape index (κ3) is 1.23. The lowest BCUT2D eigenvalue weighted by atomic mass is 10.2. The quantitative estimate of drug-likeness (QED) is 0.759. The van der Waals surface area contributed by atoms with Crippen molar-refractivity contribution in [2.45, 2.75) is 5.75 Å². The zero-order valence-electron chi connectivity index (χ0n) is 6.04. The highest BCUT2D eigenvalue weighted by Crippen LogP contribution is 2.33. The van der Waals surface area contributed by atoms with Crippen LogP contribution in [0.2, 0.25) is 0 Å². The van der Waals surface area contributed by atoms with E-state index in [0.717, 1.165) is 10.0 Å². The smallest absolute Gasteiger partial charge is 0.237 e. The number of anilines is 1. The van der Waals surface area contributed by atoms with E-state index in [0.29, 0.717) is 5.69 Å². The van der Waals surface area contributed by atoms with Crippen LogP contribution in [0.4, 0.5) is 5.69 Å². The van der Waals surface area contributed by atoms with Gasteiger partial charge in [-0.3, -0.25) is 4.72 Å². The Morgan fingerprint density at radius 3 is 2.83 bits per heavy atom. The van der Waals surface area contributed by atoms with Crippen molar-refractivity contribution in [1.29, 1.82) is 0 Å². The lowest BCUT2D eigenvalue weighted by molar-refractivity contribution is 0.602. The largest absolute Gasteiger partial charge is 0.282 e. The fourth-order valence-electron chi connectivity index (χ4n) is 1.20. The van der Waals surface area contributed by atoms with Crippen LogP contribution in [-0.4, -0.2) is 8.42 Å². The molecule has 0 amide bonds. The molecule has 0 radical (unpaired) electrons. The Bertz CT molecular complexity index is 427. The molecule has 0 aromatic heterocycles. The van der Waals surface area contributed by atoms with Gasteiger partial charge in [0.2, 0.25) is 10.0 Å². The normalized spacial score (nSPS) is 18.4. The van der Waals surface area contributed by atoms with Gasteiger partial charge in [0.25, 0.3) is 0 Å². The maximum atomic E-state index is 11.1. The van der Waals surface area contributed by atoms with E-state index < -0.39 is 10.0 Å². The number of nitrogens with one attached hydrogen (secondary N) is 1. The van der Waals surface area contributed by atoms with E-state index in [1.807, 2.05) is 12.1 Å². The van der Waals surface area contributed by atoms with E-state index in [9.17, 15) is 8.42 Å². The molecule has 0 spiro atoms. The van der Waals surface area contributed by atoms with Crippen LogP contribution in [0.5, 0.6) is 0 Å². The SMILES string of the molecule is O=S1(=O)Cc2cccc(Br)c2N1. The van der Waals surface area contributed by atoms with E-state index in [-0.39, 0.29) is 5.75 Å². The Morgan fingerprint density at radius 1 is 1.42 bits per heavy atom. The summed E-state index contributed by atoms with van der Waals surface area (Å²) in [5.74, 6) is 0.0851. The van der Waals surface area contributed by atoms with Gasteiger partial charge in [0, 0.05) is 4.47 Å². The van der Waals surface area contributed by atoms with E-state index in [2.05, 4.69) is 20.7 Å². The first-order valence-corrected chi connectivity index (χ1v) is 5.81. The van der Waals surface area contributed by atoms with Crippen LogP contribution in [0.25, 0.3) is 0 Å². The molecule has 2 rings (SSSR count). The van der Waals surface area contributed by atoms with Crippen LogP contribution in [0.1, 0.15) is 5.56 Å². The summed E-state index contributed by atoms with van der Waals surface area (Å²) in [6.07, 6.45) is 0. The molecule has 3 nitrogen and oxygen atoms in total. The summed E-state index contributed by atoms with van der Waals surface area (Å²) in [7, 11) is -3.11. The van der Waals surface area contributed by atoms with Gasteiger partial charge in [-0.2, -0.15) is 0 Å². The first-order chi connectivity index (χ1) is 5.58. The third-order valence-electron chi connectivity index (χ3n) is 1.70. The summed E-state index contributed by atoms with van der Waals surface area (Å²) in [5, 5.41) is 0. The van der Waals surface area contributed by atoms with Gasteiger partial charge < -0.3 is 0 Å². The number of halogens is 1. The first kappa shape index (κ1) is 8.07. The van der Waals surface area contributed by atoms with Gasteiger partial charge in [0.1, 0.15) is 0 Å². The molecule has 1 aliphatic heterocycles. The molecular weight excluding hydrogens is 242 g/mol. The second-order valence-electron chi connectivity index (χ2n) is 2.64. The van der Waals surface area contributed by atoms with Gasteiger partial charge in [-0.05, 0) is 27.6 Å². The molecule has 1 aromatic carbocycles. The zero-order chi connectivity index (χ0) is 8.77. The van der Waals surface area contributed by atoms with Crippen LogP contribution >= 0.6 is 15.9 Å². The molecule has 0 aliphatic carbocycles. The van der Waals surface area contributed by atoms with Crippen molar-refractivity contribution in [3.63, 3.8) is 0 Å². The number of para-hydroxylation sites is 1. The topological polar surface area (TPSA) is 46.2 Å². The highest BCUT2D eigenvalue weighted by atomic mass is 79.9. The Labute approximate surface area is 79.0 Å². The monoisotopic (exact) mass is 247 g/mol. The Hall–Kier alpha value is -0.550. The molecule has 0 bridgehead atoms. The fraction of sp³-hybridized carbons (Fsp3) is 0.143. The van der Waals surface area contributed by atoms with Crippen molar-refractivity contribution < 1.29 is 8.42 Å². The number of hydrogen-bond donors (Lipinski definition) is 1. The van der Waals surface area contributed by atoms with E-state index in [4.69, 9.17) is 0 Å². The molecular formula is C7H6BrNO2S. The summed E-state index contributed by atoms with van der Waals surface area (Å²) < 4.78 is 25.5. The molecule has 12 heavy (non-hydrogen) atoms. The fourth-order valence-corrected chi connectivity index (χ4v) is 3.11. The molecule has 1 heterocycles. The van der Waals surface area contributed by atoms with Crippen molar-refractivity contribution in [3.05, 3.63) is 28.2 Å². The van der Waals surface area contributed by atoms with Crippen LogP contribution in [0.15, 0.2) is 22.7 Å². The second kappa shape index (κ2) is 2.47. The summed E-state index contributed by atoms with van der Waals surface area (Å²) in [6.45, 7) is 0. The van der Waals surface area contributed by atoms with Crippen molar-refractivity contribution in [2.24, 2.45) is 0 Å². The third-order valence-corrected chi connectivity index (χ3v) is 3.57. The minimum atomic E-state index is -3.11. The summed E-state index contributed by atoms with van der Waals surface area (Å²) >= 11 is 3.27. The van der Waals surface area contributed by atoms with Gasteiger partial charge >= 0.3 is 0 Å². The highest BCUT2D eigenvalue weighted by molar-refractivity contribution is 9.10. The predicted octanol–water partition coefficient (Wildman–Crippen LogP) is 1.70. The molecule has 0 saturated carbocycles. The Kier molecular flexibility index (Phi) is 1.66. The van der Waals surface area contributed by atoms with Crippen LogP contribution < -0.4 is 4.72 Å². The van der Waals surface area contributed by atoms with Crippen LogP contribution in [-0.2, 0) is 15.8 Å². The maximum Gasteiger partial charge on any atom is 0.237 e. The van der Waals surface area contributed by atoms with Crippen LogP contribution in [0, 0.1) is 0 Å². The van der Waals surface area contributed by atoms with Crippen molar-refractivity contribution in [1.82, 2.24) is 0 Å². The van der Waals surface area contributed by atoms with Crippen molar-refractivity contribution >= 4 is 31.6 Å². The standard InChI is InChI=1S/C7H6BrNO2S/c8-6-3-1-2-5-4-12(10,11)9-7(5)6/h1-3,9H,4H2. The lowest BCUT2D eigenvalue weighted by Crippen LogP contribution is -2.05. The number of fused-ring (bicyclic) bond motifs is 1. The molecule has 0 atom stereocenters. The van der Waals surface area contributed by atoms with Crippen molar-refractivity contribution in [2.75, 3.05) is 4.72 Å². The van der Waals surface area contributed by atoms with Crippen LogP contribution in [0.3, 0.4) is 0 Å². The number of benzene rings is 1. The number of hydrogen-bond acceptors (Lipinski definition) is 2. The zero-order valence-corrected chi connectivity index (χ0v) is 8.44. The Balaban J connectivity index is 2.63. The summed E-state index contributed by atoms with van der Waals surface area (Å²) in [6, 6.07) is 5.44. The molecule has 5 heteroatoms. The van der Waals surface area contributed by atoms with Gasteiger partial charge in [0.05, 0.1) is 11.4 Å². The van der Waals surface area contributed by atoms with Crippen molar-refractivity contribution in [3.8, 4) is 0 Å². The molecule has 64 valence electrons. The van der Waals surface area contributed by atoms with Gasteiger partial charge in [-0.1, -0.05) is 12.1 Å². The second-order valence-corrected chi connectivity index (χ2v) is 5.21. The van der Waals surface area contributed by atoms with E-state index >= 15 is 0 Å². The molecule has 1 N–H and O–H groups in total. The van der Waals surface area contributed by atoms with Gasteiger partial charge in [-0.15, -0.1) is 0 Å². The lowest BCUT2D eigenvalue weighted by Gasteiger charge is -1.98. The molecule has 0 fully saturated rings. The van der Waals surface area contributed by atoms with E-state index in [1.54, 1.807) is 6.07 Å². The molecule has 1 aliphatic rings. The summed E-state index contributed by atoms with van der Waals surface area (Å²) in [4.78, 5) is 0. The predicted molar refractivity (Wildman–Crippen MR) is 50.4 cm³/mol. The first-order valence-electron chi connectivity index (χ1n) is 3.36. The Morgan fingerprint density at radius 2 is 2.17 bits per heavy atom. The molecule has 1 aromatic rings. The highest BCUT2D eigenvalue weighted by Gasteiger charge is 2.24. The minimum Gasteiger partial charge on any atom is -0.282 e. The number of sulfonamides is 1. The molecule has 0 unspecified atom stereocenters. The average Bonchev–Trinajstić information content (AvgIpc) is 2.25. The summed E-state index contributed by atoms with van der Waals surface area (Å²) in [5.41, 5.74) is 1.50.